The highest BCUT2D eigenvalue weighted by Crippen LogP contribution is 2.15. The van der Waals surface area contributed by atoms with Gasteiger partial charge in [-0.25, -0.2) is 0 Å². The minimum Gasteiger partial charge on any atom is -0.469 e. The van der Waals surface area contributed by atoms with Gasteiger partial charge >= 0.3 is 5.97 Å². The molecule has 104 valence electrons. The average Bonchev–Trinajstić information content (AvgIpc) is 2.81. The van der Waals surface area contributed by atoms with Crippen LogP contribution in [0.2, 0.25) is 0 Å². The Labute approximate surface area is 120 Å². The minimum atomic E-state index is -0.267. The van der Waals surface area contributed by atoms with E-state index in [1.807, 2.05) is 0 Å². The Balaban J connectivity index is 2.36. The Kier molecular flexibility index (Phi) is 6.35. The van der Waals surface area contributed by atoms with Crippen LogP contribution in [0.5, 0.6) is 0 Å². The lowest BCUT2D eigenvalue weighted by Gasteiger charge is -2.14. The van der Waals surface area contributed by atoms with Crippen LogP contribution in [-0.2, 0) is 14.3 Å². The lowest BCUT2D eigenvalue weighted by Crippen LogP contribution is -2.26. The van der Waals surface area contributed by atoms with Crippen LogP contribution in [0.15, 0.2) is 27.3 Å². The van der Waals surface area contributed by atoms with E-state index in [0.717, 1.165) is 0 Å². The molecule has 1 aromatic rings. The van der Waals surface area contributed by atoms with Crippen molar-refractivity contribution in [3.05, 3.63) is 28.6 Å². The Hall–Kier alpha value is -1.56. The van der Waals surface area contributed by atoms with Crippen LogP contribution < -0.4 is 0 Å². The molecule has 0 aliphatic heterocycles. The molecule has 0 bridgehead atoms. The summed E-state index contributed by atoms with van der Waals surface area (Å²) in [6.45, 7) is 0.500. The molecule has 6 heteroatoms. The third-order valence-electron chi connectivity index (χ3n) is 2.46. The Morgan fingerprint density at radius 1 is 1.47 bits per heavy atom. The SMILES string of the molecule is COC(=O)CCCN(C)C(=O)/C=C/c1ccc(Br)o1. The molecule has 0 saturated heterocycles. The van der Waals surface area contributed by atoms with E-state index in [9.17, 15) is 9.59 Å². The third-order valence-corrected chi connectivity index (χ3v) is 2.89. The smallest absolute Gasteiger partial charge is 0.305 e. The first-order valence-corrected chi connectivity index (χ1v) is 6.57. The van der Waals surface area contributed by atoms with Crippen molar-refractivity contribution in [3.63, 3.8) is 0 Å². The maximum absolute atomic E-state index is 11.7. The van der Waals surface area contributed by atoms with Gasteiger partial charge in [-0.05, 0) is 40.6 Å². The van der Waals surface area contributed by atoms with Gasteiger partial charge in [-0.3, -0.25) is 9.59 Å². The first-order valence-electron chi connectivity index (χ1n) is 5.78. The number of furan rings is 1. The number of carbonyl (C=O) groups excluding carboxylic acids is 2. The highest BCUT2D eigenvalue weighted by molar-refractivity contribution is 9.10. The monoisotopic (exact) mass is 329 g/mol. The quantitative estimate of drug-likeness (QED) is 0.594. The normalized spacial score (nSPS) is 10.7. The molecule has 0 aromatic carbocycles. The third kappa shape index (κ3) is 5.74. The van der Waals surface area contributed by atoms with Crippen molar-refractivity contribution in [3.8, 4) is 0 Å². The van der Waals surface area contributed by atoms with Crippen LogP contribution in [-0.4, -0.2) is 37.5 Å². The van der Waals surface area contributed by atoms with Gasteiger partial charge in [-0.1, -0.05) is 0 Å². The zero-order valence-corrected chi connectivity index (χ0v) is 12.5. The second-order valence-corrected chi connectivity index (χ2v) is 4.70. The first kappa shape index (κ1) is 15.5. The Morgan fingerprint density at radius 2 is 2.21 bits per heavy atom. The zero-order valence-electron chi connectivity index (χ0n) is 10.9. The van der Waals surface area contributed by atoms with E-state index in [0.29, 0.717) is 29.8 Å². The average molecular weight is 330 g/mol. The molecule has 1 aromatic heterocycles. The number of rotatable bonds is 6. The Bertz CT molecular complexity index is 467. The van der Waals surface area contributed by atoms with Crippen molar-refractivity contribution in [2.75, 3.05) is 20.7 Å². The summed E-state index contributed by atoms with van der Waals surface area (Å²) in [5.74, 6) is 0.192. The van der Waals surface area contributed by atoms with E-state index in [-0.39, 0.29) is 11.9 Å². The largest absolute Gasteiger partial charge is 0.469 e. The minimum absolute atomic E-state index is 0.141. The number of methoxy groups -OCH3 is 1. The van der Waals surface area contributed by atoms with Crippen LogP contribution in [0.1, 0.15) is 18.6 Å². The highest BCUT2D eigenvalue weighted by atomic mass is 79.9. The van der Waals surface area contributed by atoms with Crippen molar-refractivity contribution in [1.82, 2.24) is 4.90 Å². The highest BCUT2D eigenvalue weighted by Gasteiger charge is 2.07. The number of hydrogen-bond acceptors (Lipinski definition) is 4. The number of amides is 1. The molecule has 1 heterocycles. The summed E-state index contributed by atoms with van der Waals surface area (Å²) >= 11 is 3.18. The van der Waals surface area contributed by atoms with Crippen molar-refractivity contribution < 1.29 is 18.7 Å². The van der Waals surface area contributed by atoms with Crippen molar-refractivity contribution >= 4 is 33.9 Å². The lowest BCUT2D eigenvalue weighted by atomic mass is 10.3. The number of ether oxygens (including phenoxy) is 1. The second-order valence-electron chi connectivity index (χ2n) is 3.91. The van der Waals surface area contributed by atoms with Gasteiger partial charge in [-0.2, -0.15) is 0 Å². The van der Waals surface area contributed by atoms with Crippen molar-refractivity contribution in [1.29, 1.82) is 0 Å². The molecular formula is C13H16BrNO4. The fourth-order valence-corrected chi connectivity index (χ4v) is 1.69. The number of hydrogen-bond donors (Lipinski definition) is 0. The maximum Gasteiger partial charge on any atom is 0.305 e. The molecule has 1 rings (SSSR count). The van der Waals surface area contributed by atoms with Crippen LogP contribution in [0.3, 0.4) is 0 Å². The van der Waals surface area contributed by atoms with Crippen LogP contribution in [0.25, 0.3) is 6.08 Å². The van der Waals surface area contributed by atoms with Gasteiger partial charge in [0.2, 0.25) is 5.91 Å². The summed E-state index contributed by atoms with van der Waals surface area (Å²) in [5, 5.41) is 0. The predicted octanol–water partition coefficient (Wildman–Crippen LogP) is 2.47. The second kappa shape index (κ2) is 7.78. The number of likely N-dealkylation sites (N-methyl/N-ethyl adjacent to an activating group) is 1. The molecule has 0 aliphatic carbocycles. The maximum atomic E-state index is 11.7. The molecule has 0 saturated carbocycles. The topological polar surface area (TPSA) is 59.8 Å². The fourth-order valence-electron chi connectivity index (χ4n) is 1.37. The molecule has 0 N–H and O–H groups in total. The summed E-state index contributed by atoms with van der Waals surface area (Å²) in [4.78, 5) is 24.2. The zero-order chi connectivity index (χ0) is 14.3. The number of halogens is 1. The number of carbonyl (C=O) groups is 2. The van der Waals surface area contributed by atoms with E-state index >= 15 is 0 Å². The molecule has 5 nitrogen and oxygen atoms in total. The summed E-state index contributed by atoms with van der Waals surface area (Å²) in [6, 6.07) is 3.51. The van der Waals surface area contributed by atoms with E-state index in [2.05, 4.69) is 20.7 Å². The standard InChI is InChI=1S/C13H16BrNO4/c1-15(9-3-4-13(17)18-2)12(16)8-6-10-5-7-11(14)19-10/h5-8H,3-4,9H2,1-2H3/b8-6+. The summed E-state index contributed by atoms with van der Waals surface area (Å²) in [7, 11) is 3.03. The van der Waals surface area contributed by atoms with Gasteiger partial charge in [0.1, 0.15) is 5.76 Å². The van der Waals surface area contributed by atoms with Gasteiger partial charge in [-0.15, -0.1) is 0 Å². The summed E-state index contributed by atoms with van der Waals surface area (Å²) in [5.41, 5.74) is 0. The first-order chi connectivity index (χ1) is 9.02. The van der Waals surface area contributed by atoms with Gasteiger partial charge in [0.25, 0.3) is 0 Å². The molecular weight excluding hydrogens is 314 g/mol. The molecule has 0 spiro atoms. The van der Waals surface area contributed by atoms with Crippen LogP contribution in [0.4, 0.5) is 0 Å². The van der Waals surface area contributed by atoms with E-state index in [1.54, 1.807) is 25.3 Å². The van der Waals surface area contributed by atoms with E-state index in [4.69, 9.17) is 4.42 Å². The lowest BCUT2D eigenvalue weighted by molar-refractivity contribution is -0.141. The van der Waals surface area contributed by atoms with Gasteiger partial charge in [0, 0.05) is 26.1 Å². The van der Waals surface area contributed by atoms with Gasteiger partial charge < -0.3 is 14.1 Å². The van der Waals surface area contributed by atoms with Crippen molar-refractivity contribution in [2.45, 2.75) is 12.8 Å². The van der Waals surface area contributed by atoms with E-state index < -0.39 is 0 Å². The fraction of sp³-hybridized carbons (Fsp3) is 0.385. The van der Waals surface area contributed by atoms with Crippen LogP contribution in [0, 0.1) is 0 Å². The molecule has 0 radical (unpaired) electrons. The number of esters is 1. The van der Waals surface area contributed by atoms with Gasteiger partial charge in [0.05, 0.1) is 7.11 Å². The molecule has 19 heavy (non-hydrogen) atoms. The van der Waals surface area contributed by atoms with E-state index in [1.165, 1.54) is 18.1 Å². The molecule has 0 aliphatic rings. The number of nitrogens with zero attached hydrogens (tertiary/aromatic N) is 1. The summed E-state index contributed by atoms with van der Waals surface area (Å²) in [6.07, 6.45) is 3.92. The van der Waals surface area contributed by atoms with Crippen molar-refractivity contribution in [2.24, 2.45) is 0 Å². The molecule has 0 fully saturated rings. The summed E-state index contributed by atoms with van der Waals surface area (Å²) < 4.78 is 10.4. The van der Waals surface area contributed by atoms with Gasteiger partial charge in [0.15, 0.2) is 4.67 Å². The Morgan fingerprint density at radius 3 is 2.79 bits per heavy atom. The van der Waals surface area contributed by atoms with Crippen LogP contribution >= 0.6 is 15.9 Å². The predicted molar refractivity (Wildman–Crippen MR) is 74.3 cm³/mol. The molecule has 0 unspecified atom stereocenters. The molecule has 1 amide bonds. The molecule has 0 atom stereocenters.